The molecule has 3 aromatic rings. The lowest BCUT2D eigenvalue weighted by Gasteiger charge is -2.37. The standard InChI is InChI=1S/C19H15F3N4O5S/c20-19(21,22)31-13-3-1-12(2-4-13)29-10-15-24-14(9-30-15)17(28)26-7-11(8-26)16(27)25-18-23-5-6-32-18/h1-6,9,11H,7-8,10H2,(H,23,25,27). The number of amides is 2. The molecule has 2 aromatic heterocycles. The summed E-state index contributed by atoms with van der Waals surface area (Å²) >= 11 is 1.31. The summed E-state index contributed by atoms with van der Waals surface area (Å²) in [4.78, 5) is 34.1. The number of oxazole rings is 1. The van der Waals surface area contributed by atoms with Gasteiger partial charge in [0, 0.05) is 24.7 Å². The molecule has 1 fully saturated rings. The Balaban J connectivity index is 1.24. The first-order chi connectivity index (χ1) is 15.3. The third-order valence-corrected chi connectivity index (χ3v) is 5.08. The van der Waals surface area contributed by atoms with Crippen LogP contribution in [-0.4, -0.2) is 46.1 Å². The molecular weight excluding hydrogens is 453 g/mol. The second kappa shape index (κ2) is 8.86. The number of thiazole rings is 1. The number of rotatable bonds is 7. The number of hydrogen-bond donors (Lipinski definition) is 1. The van der Waals surface area contributed by atoms with Crippen molar-refractivity contribution < 1.29 is 36.7 Å². The van der Waals surface area contributed by atoms with Crippen LogP contribution in [0.25, 0.3) is 0 Å². The number of ether oxygens (including phenoxy) is 2. The Labute approximate surface area is 182 Å². The molecule has 9 nitrogen and oxygen atoms in total. The quantitative estimate of drug-likeness (QED) is 0.567. The molecular formula is C19H15F3N4O5S. The summed E-state index contributed by atoms with van der Waals surface area (Å²) in [6.45, 7) is 0.369. The second-order valence-electron chi connectivity index (χ2n) is 6.67. The number of benzene rings is 1. The number of carbonyl (C=O) groups is 2. The fraction of sp³-hybridized carbons (Fsp3) is 0.263. The van der Waals surface area contributed by atoms with Crippen LogP contribution in [0.1, 0.15) is 16.4 Å². The van der Waals surface area contributed by atoms with E-state index >= 15 is 0 Å². The number of nitrogens with zero attached hydrogens (tertiary/aromatic N) is 3. The Morgan fingerprint density at radius 1 is 1.22 bits per heavy atom. The molecule has 168 valence electrons. The van der Waals surface area contributed by atoms with E-state index in [2.05, 4.69) is 20.0 Å². The molecule has 1 saturated heterocycles. The zero-order valence-corrected chi connectivity index (χ0v) is 17.0. The largest absolute Gasteiger partial charge is 0.573 e. The normalized spacial score (nSPS) is 14.0. The number of nitrogens with one attached hydrogen (secondary N) is 1. The number of hydrogen-bond acceptors (Lipinski definition) is 8. The van der Waals surface area contributed by atoms with Gasteiger partial charge in [-0.25, -0.2) is 9.97 Å². The summed E-state index contributed by atoms with van der Waals surface area (Å²) in [7, 11) is 0. The van der Waals surface area contributed by atoms with Gasteiger partial charge >= 0.3 is 6.36 Å². The van der Waals surface area contributed by atoms with E-state index in [1.807, 2.05) is 0 Å². The fourth-order valence-electron chi connectivity index (χ4n) is 2.82. The number of likely N-dealkylation sites (tertiary alicyclic amines) is 1. The predicted octanol–water partition coefficient (Wildman–Crippen LogP) is 3.32. The molecule has 32 heavy (non-hydrogen) atoms. The first kappa shape index (κ1) is 21.6. The molecule has 0 atom stereocenters. The number of halogens is 3. The van der Waals surface area contributed by atoms with Crippen molar-refractivity contribution in [2.24, 2.45) is 5.92 Å². The average Bonchev–Trinajstić information content (AvgIpc) is 3.37. The van der Waals surface area contributed by atoms with Crippen molar-refractivity contribution >= 4 is 28.3 Å². The summed E-state index contributed by atoms with van der Waals surface area (Å²) in [6.07, 6.45) is -2.00. The Hall–Kier alpha value is -3.61. The van der Waals surface area contributed by atoms with E-state index in [9.17, 15) is 22.8 Å². The highest BCUT2D eigenvalue weighted by Crippen LogP contribution is 2.25. The van der Waals surface area contributed by atoms with Gasteiger partial charge in [-0.05, 0) is 24.3 Å². The van der Waals surface area contributed by atoms with E-state index in [0.717, 1.165) is 12.1 Å². The summed E-state index contributed by atoms with van der Waals surface area (Å²) < 4.78 is 50.9. The molecule has 2 amide bonds. The fourth-order valence-corrected chi connectivity index (χ4v) is 3.35. The minimum Gasteiger partial charge on any atom is -0.484 e. The van der Waals surface area contributed by atoms with Gasteiger partial charge in [0.05, 0.1) is 5.92 Å². The molecule has 4 rings (SSSR count). The topological polar surface area (TPSA) is 107 Å². The van der Waals surface area contributed by atoms with Gasteiger partial charge in [-0.15, -0.1) is 24.5 Å². The highest BCUT2D eigenvalue weighted by Gasteiger charge is 2.37. The summed E-state index contributed by atoms with van der Waals surface area (Å²) in [5, 5.41) is 4.94. The van der Waals surface area contributed by atoms with Crippen LogP contribution in [0.15, 0.2) is 46.5 Å². The third kappa shape index (κ3) is 5.35. The third-order valence-electron chi connectivity index (χ3n) is 4.39. The maximum atomic E-state index is 12.5. The first-order valence-corrected chi connectivity index (χ1v) is 10.1. The van der Waals surface area contributed by atoms with Gasteiger partial charge in [-0.2, -0.15) is 0 Å². The van der Waals surface area contributed by atoms with Gasteiger partial charge in [0.1, 0.15) is 17.8 Å². The maximum Gasteiger partial charge on any atom is 0.573 e. The second-order valence-corrected chi connectivity index (χ2v) is 7.56. The number of carbonyl (C=O) groups excluding carboxylic acids is 2. The molecule has 0 radical (unpaired) electrons. The highest BCUT2D eigenvalue weighted by atomic mass is 32.1. The van der Waals surface area contributed by atoms with Crippen LogP contribution in [0.5, 0.6) is 11.5 Å². The van der Waals surface area contributed by atoms with E-state index in [-0.39, 0.29) is 60.5 Å². The smallest absolute Gasteiger partial charge is 0.484 e. The van der Waals surface area contributed by atoms with E-state index in [4.69, 9.17) is 9.15 Å². The van der Waals surface area contributed by atoms with Crippen LogP contribution in [-0.2, 0) is 11.4 Å². The molecule has 1 N–H and O–H groups in total. The first-order valence-electron chi connectivity index (χ1n) is 9.19. The molecule has 1 aliphatic heterocycles. The van der Waals surface area contributed by atoms with Crippen molar-refractivity contribution in [3.8, 4) is 11.5 Å². The van der Waals surface area contributed by atoms with Crippen molar-refractivity contribution in [2.45, 2.75) is 13.0 Å². The lowest BCUT2D eigenvalue weighted by molar-refractivity contribution is -0.274. The maximum absolute atomic E-state index is 12.5. The number of anilines is 1. The lowest BCUT2D eigenvalue weighted by Crippen LogP contribution is -2.54. The number of alkyl halides is 3. The molecule has 0 unspecified atom stereocenters. The van der Waals surface area contributed by atoms with Crippen LogP contribution >= 0.6 is 11.3 Å². The molecule has 0 spiro atoms. The van der Waals surface area contributed by atoms with Crippen LogP contribution in [0, 0.1) is 5.92 Å². The summed E-state index contributed by atoms with van der Waals surface area (Å²) in [6, 6.07) is 4.82. The van der Waals surface area contributed by atoms with Crippen molar-refractivity contribution in [3.05, 3.63) is 53.7 Å². The van der Waals surface area contributed by atoms with E-state index < -0.39 is 6.36 Å². The van der Waals surface area contributed by atoms with Gasteiger partial charge < -0.3 is 24.1 Å². The summed E-state index contributed by atoms with van der Waals surface area (Å²) in [5.74, 6) is -0.911. The van der Waals surface area contributed by atoms with Crippen molar-refractivity contribution in [3.63, 3.8) is 0 Å². The Morgan fingerprint density at radius 3 is 2.59 bits per heavy atom. The lowest BCUT2D eigenvalue weighted by atomic mass is 9.99. The number of aromatic nitrogens is 2. The van der Waals surface area contributed by atoms with Crippen molar-refractivity contribution in [1.82, 2.24) is 14.9 Å². The van der Waals surface area contributed by atoms with E-state index in [0.29, 0.717) is 5.13 Å². The zero-order chi connectivity index (χ0) is 22.7. The van der Waals surface area contributed by atoms with Crippen molar-refractivity contribution in [1.29, 1.82) is 0 Å². The van der Waals surface area contributed by atoms with E-state index in [1.54, 1.807) is 11.6 Å². The van der Waals surface area contributed by atoms with Crippen LogP contribution in [0.4, 0.5) is 18.3 Å². The SMILES string of the molecule is O=C(Nc1nccs1)C1CN(C(=O)c2coc(COc3ccc(OC(F)(F)F)cc3)n2)C1. The Bertz CT molecular complexity index is 1080. The van der Waals surface area contributed by atoms with Crippen LogP contribution in [0.3, 0.4) is 0 Å². The Kier molecular flexibility index (Phi) is 5.99. The van der Waals surface area contributed by atoms with Gasteiger partial charge in [0.15, 0.2) is 17.4 Å². The molecule has 1 aromatic carbocycles. The molecule has 3 heterocycles. The minimum absolute atomic E-state index is 0.0660. The molecule has 0 aliphatic carbocycles. The van der Waals surface area contributed by atoms with Gasteiger partial charge in [0.2, 0.25) is 11.8 Å². The molecule has 0 saturated carbocycles. The Morgan fingerprint density at radius 2 is 1.94 bits per heavy atom. The van der Waals surface area contributed by atoms with Crippen LogP contribution < -0.4 is 14.8 Å². The van der Waals surface area contributed by atoms with Gasteiger partial charge in [-0.1, -0.05) is 0 Å². The van der Waals surface area contributed by atoms with Gasteiger partial charge in [0.25, 0.3) is 5.91 Å². The minimum atomic E-state index is -4.77. The monoisotopic (exact) mass is 468 g/mol. The van der Waals surface area contributed by atoms with Crippen LogP contribution in [0.2, 0.25) is 0 Å². The average molecular weight is 468 g/mol. The molecule has 1 aliphatic rings. The predicted molar refractivity (Wildman–Crippen MR) is 104 cm³/mol. The zero-order valence-electron chi connectivity index (χ0n) is 16.2. The highest BCUT2D eigenvalue weighted by molar-refractivity contribution is 7.13. The van der Waals surface area contributed by atoms with Gasteiger partial charge in [-0.3, -0.25) is 9.59 Å². The molecule has 13 heteroatoms. The van der Waals surface area contributed by atoms with Crippen molar-refractivity contribution in [2.75, 3.05) is 18.4 Å². The molecule has 0 bridgehead atoms. The summed E-state index contributed by atoms with van der Waals surface area (Å²) in [5.41, 5.74) is 0.0660. The van der Waals surface area contributed by atoms with E-state index in [1.165, 1.54) is 34.6 Å².